The van der Waals surface area contributed by atoms with Gasteiger partial charge in [-0.3, -0.25) is 9.78 Å². The van der Waals surface area contributed by atoms with E-state index in [1.54, 1.807) is 6.20 Å². The lowest BCUT2D eigenvalue weighted by Crippen LogP contribution is -2.46. The summed E-state index contributed by atoms with van der Waals surface area (Å²) < 4.78 is 0. The predicted octanol–water partition coefficient (Wildman–Crippen LogP) is 5.00. The van der Waals surface area contributed by atoms with Crippen molar-refractivity contribution < 1.29 is 4.79 Å². The minimum atomic E-state index is 0.0982. The van der Waals surface area contributed by atoms with E-state index in [2.05, 4.69) is 30.1 Å². The number of para-hydroxylation sites is 1. The molecule has 0 saturated heterocycles. The molecule has 0 fully saturated rings. The van der Waals surface area contributed by atoms with Gasteiger partial charge < -0.3 is 4.90 Å². The van der Waals surface area contributed by atoms with E-state index >= 15 is 0 Å². The fraction of sp³-hybridized carbons (Fsp3) is 0.273. The number of pyridine rings is 1. The lowest BCUT2D eigenvalue weighted by molar-refractivity contribution is 0.0965. The summed E-state index contributed by atoms with van der Waals surface area (Å²) in [6, 6.07) is 18.3. The van der Waals surface area contributed by atoms with Crippen molar-refractivity contribution in [2.24, 2.45) is 0 Å². The lowest BCUT2D eigenvalue weighted by Gasteiger charge is -2.37. The molecule has 126 valence electrons. The van der Waals surface area contributed by atoms with Crippen LogP contribution in [-0.2, 0) is 6.42 Å². The Bertz CT molecular complexity index is 913. The molecule has 1 unspecified atom stereocenters. The van der Waals surface area contributed by atoms with E-state index in [0.717, 1.165) is 53.4 Å². The van der Waals surface area contributed by atoms with Crippen LogP contribution in [0.15, 0.2) is 60.8 Å². The molecule has 3 aromatic rings. The average molecular weight is 330 g/mol. The summed E-state index contributed by atoms with van der Waals surface area (Å²) in [6.07, 6.45) is 5.98. The zero-order chi connectivity index (χ0) is 17.2. The first-order valence-corrected chi connectivity index (χ1v) is 9.05. The summed E-state index contributed by atoms with van der Waals surface area (Å²) in [6.45, 7) is 2.20. The molecule has 2 aromatic carbocycles. The number of rotatable bonds is 4. The Morgan fingerprint density at radius 1 is 1.08 bits per heavy atom. The van der Waals surface area contributed by atoms with Crippen LogP contribution in [-0.4, -0.2) is 16.9 Å². The van der Waals surface area contributed by atoms with Gasteiger partial charge in [0.15, 0.2) is 0 Å². The standard InChI is InChI=1S/C22H22N2O/c1-2-3-11-18-15-17-8-4-5-12-19(17)22(25)24(18)20-13-6-9-16-10-7-14-23-21(16)20/h4-10,12-14,18H,2-3,11,15H2,1H3. The van der Waals surface area contributed by atoms with Crippen LogP contribution in [0.5, 0.6) is 0 Å². The van der Waals surface area contributed by atoms with E-state index in [1.165, 1.54) is 0 Å². The van der Waals surface area contributed by atoms with Crippen LogP contribution in [0.25, 0.3) is 10.9 Å². The van der Waals surface area contributed by atoms with Gasteiger partial charge in [-0.05, 0) is 36.6 Å². The summed E-state index contributed by atoms with van der Waals surface area (Å²) in [7, 11) is 0. The number of benzene rings is 2. The third-order valence-corrected chi connectivity index (χ3v) is 5.05. The van der Waals surface area contributed by atoms with Gasteiger partial charge in [0.25, 0.3) is 5.91 Å². The second kappa shape index (κ2) is 6.67. The van der Waals surface area contributed by atoms with Gasteiger partial charge >= 0.3 is 0 Å². The summed E-state index contributed by atoms with van der Waals surface area (Å²) >= 11 is 0. The molecule has 0 aliphatic carbocycles. The Labute approximate surface area is 148 Å². The molecular weight excluding hydrogens is 308 g/mol. The molecule has 1 aliphatic rings. The van der Waals surface area contributed by atoms with Crippen molar-refractivity contribution in [1.29, 1.82) is 0 Å². The van der Waals surface area contributed by atoms with Crippen molar-refractivity contribution in [2.45, 2.75) is 38.6 Å². The molecule has 1 aliphatic heterocycles. The highest BCUT2D eigenvalue weighted by Crippen LogP contribution is 2.34. The highest BCUT2D eigenvalue weighted by Gasteiger charge is 2.33. The lowest BCUT2D eigenvalue weighted by atomic mass is 9.90. The molecular formula is C22H22N2O. The molecule has 0 bridgehead atoms. The van der Waals surface area contributed by atoms with Crippen molar-refractivity contribution in [3.63, 3.8) is 0 Å². The van der Waals surface area contributed by atoms with Gasteiger partial charge in [0.2, 0.25) is 0 Å². The Balaban J connectivity index is 1.85. The number of carbonyl (C=O) groups is 1. The molecule has 2 heterocycles. The van der Waals surface area contributed by atoms with E-state index in [4.69, 9.17) is 0 Å². The van der Waals surface area contributed by atoms with E-state index in [0.29, 0.717) is 0 Å². The zero-order valence-corrected chi connectivity index (χ0v) is 14.5. The fourth-order valence-electron chi connectivity index (χ4n) is 3.81. The highest BCUT2D eigenvalue weighted by atomic mass is 16.2. The normalized spacial score (nSPS) is 16.9. The molecule has 0 radical (unpaired) electrons. The molecule has 0 N–H and O–H groups in total. The van der Waals surface area contributed by atoms with Crippen molar-refractivity contribution in [3.8, 4) is 0 Å². The number of hydrogen-bond donors (Lipinski definition) is 0. The first-order chi connectivity index (χ1) is 12.3. The van der Waals surface area contributed by atoms with Gasteiger partial charge in [-0.25, -0.2) is 0 Å². The Hall–Kier alpha value is -2.68. The number of unbranched alkanes of at least 4 members (excludes halogenated alkanes) is 1. The van der Waals surface area contributed by atoms with Crippen LogP contribution < -0.4 is 4.90 Å². The topological polar surface area (TPSA) is 33.2 Å². The first-order valence-electron chi connectivity index (χ1n) is 9.05. The second-order valence-electron chi connectivity index (χ2n) is 6.68. The second-order valence-corrected chi connectivity index (χ2v) is 6.68. The minimum absolute atomic E-state index is 0.0982. The molecule has 3 nitrogen and oxygen atoms in total. The molecule has 1 aromatic heterocycles. The molecule has 1 amide bonds. The highest BCUT2D eigenvalue weighted by molar-refractivity contribution is 6.12. The van der Waals surface area contributed by atoms with Gasteiger partial charge in [0.1, 0.15) is 0 Å². The largest absolute Gasteiger partial charge is 0.303 e. The van der Waals surface area contributed by atoms with Gasteiger partial charge in [0, 0.05) is 23.2 Å². The molecule has 0 spiro atoms. The SMILES string of the molecule is CCCCC1Cc2ccccc2C(=O)N1c1cccc2cccnc12. The summed E-state index contributed by atoms with van der Waals surface area (Å²) in [5.41, 5.74) is 3.82. The van der Waals surface area contributed by atoms with E-state index in [-0.39, 0.29) is 11.9 Å². The number of nitrogens with zero attached hydrogens (tertiary/aromatic N) is 2. The summed E-state index contributed by atoms with van der Waals surface area (Å²) in [5.74, 6) is 0.0982. The van der Waals surface area contributed by atoms with Crippen LogP contribution in [0.1, 0.15) is 42.1 Å². The van der Waals surface area contributed by atoms with E-state index in [9.17, 15) is 4.79 Å². The Morgan fingerprint density at radius 3 is 2.80 bits per heavy atom. The minimum Gasteiger partial charge on any atom is -0.303 e. The van der Waals surface area contributed by atoms with Crippen LogP contribution in [0.2, 0.25) is 0 Å². The number of amides is 1. The summed E-state index contributed by atoms with van der Waals surface area (Å²) in [5, 5.41) is 1.07. The molecule has 0 saturated carbocycles. The number of hydrogen-bond acceptors (Lipinski definition) is 2. The molecule has 25 heavy (non-hydrogen) atoms. The van der Waals surface area contributed by atoms with Crippen LogP contribution in [0, 0.1) is 0 Å². The maximum Gasteiger partial charge on any atom is 0.258 e. The van der Waals surface area contributed by atoms with E-state index in [1.807, 2.05) is 41.3 Å². The Kier molecular flexibility index (Phi) is 4.22. The van der Waals surface area contributed by atoms with Crippen molar-refractivity contribution in [2.75, 3.05) is 4.90 Å². The number of aromatic nitrogens is 1. The number of fused-ring (bicyclic) bond motifs is 2. The molecule has 3 heteroatoms. The maximum atomic E-state index is 13.3. The maximum absolute atomic E-state index is 13.3. The third kappa shape index (κ3) is 2.80. The Morgan fingerprint density at radius 2 is 1.92 bits per heavy atom. The van der Waals surface area contributed by atoms with Crippen LogP contribution in [0.4, 0.5) is 5.69 Å². The monoisotopic (exact) mass is 330 g/mol. The molecule has 4 rings (SSSR count). The van der Waals surface area contributed by atoms with Gasteiger partial charge in [-0.1, -0.05) is 56.2 Å². The van der Waals surface area contributed by atoms with E-state index < -0.39 is 0 Å². The quantitative estimate of drug-likeness (QED) is 0.674. The van der Waals surface area contributed by atoms with Crippen molar-refractivity contribution in [3.05, 3.63) is 71.9 Å². The van der Waals surface area contributed by atoms with Gasteiger partial charge in [-0.15, -0.1) is 0 Å². The van der Waals surface area contributed by atoms with Crippen LogP contribution in [0.3, 0.4) is 0 Å². The van der Waals surface area contributed by atoms with Gasteiger partial charge in [0.05, 0.1) is 11.2 Å². The predicted molar refractivity (Wildman–Crippen MR) is 102 cm³/mol. The smallest absolute Gasteiger partial charge is 0.258 e. The first kappa shape index (κ1) is 15.8. The number of anilines is 1. The van der Waals surface area contributed by atoms with Gasteiger partial charge in [-0.2, -0.15) is 0 Å². The number of carbonyl (C=O) groups excluding carboxylic acids is 1. The fourth-order valence-corrected chi connectivity index (χ4v) is 3.81. The molecule has 1 atom stereocenters. The van der Waals surface area contributed by atoms with Crippen molar-refractivity contribution in [1.82, 2.24) is 4.98 Å². The zero-order valence-electron chi connectivity index (χ0n) is 14.5. The van der Waals surface area contributed by atoms with Crippen molar-refractivity contribution >= 4 is 22.5 Å². The summed E-state index contributed by atoms with van der Waals surface area (Å²) in [4.78, 5) is 19.9. The average Bonchev–Trinajstić information content (AvgIpc) is 2.66. The van der Waals surface area contributed by atoms with Crippen LogP contribution >= 0.6 is 0 Å². The third-order valence-electron chi connectivity index (χ3n) is 5.05.